The van der Waals surface area contributed by atoms with Crippen LogP contribution >= 0.6 is 0 Å². The van der Waals surface area contributed by atoms with Crippen molar-refractivity contribution in [2.75, 3.05) is 18.6 Å². The van der Waals surface area contributed by atoms with Crippen LogP contribution < -0.4 is 10.2 Å². The Balaban J connectivity index is 2.16. The molecule has 0 radical (unpaired) electrons. The standard InChI is InChI=1S/C18H25N3O2/c1-11(2)17-18(23)20-13(10-22)8-7-12-9-19-14-5-4-6-15(16(12)14)21(17)3/h4-6,9,11,13,17,19,22H,7-8,10H2,1-3H3,(H,20,23)/t13-,17-/m0/s1. The molecule has 5 nitrogen and oxygen atoms in total. The molecule has 1 aliphatic heterocycles. The van der Waals surface area contributed by atoms with Crippen LogP contribution in [0.2, 0.25) is 0 Å². The lowest BCUT2D eigenvalue weighted by atomic mass is 9.96. The van der Waals surface area contributed by atoms with Gasteiger partial charge in [0, 0.05) is 29.8 Å². The maximum Gasteiger partial charge on any atom is 0.243 e. The van der Waals surface area contributed by atoms with E-state index in [1.807, 2.05) is 19.3 Å². The number of amides is 1. The fraction of sp³-hybridized carbons (Fsp3) is 0.500. The van der Waals surface area contributed by atoms with Crippen molar-refractivity contribution in [3.05, 3.63) is 30.0 Å². The average Bonchev–Trinajstić information content (AvgIpc) is 2.93. The lowest BCUT2D eigenvalue weighted by Gasteiger charge is -2.34. The van der Waals surface area contributed by atoms with E-state index in [9.17, 15) is 9.90 Å². The molecule has 124 valence electrons. The molecule has 0 bridgehead atoms. The number of carbonyl (C=O) groups is 1. The molecule has 3 rings (SSSR count). The van der Waals surface area contributed by atoms with Gasteiger partial charge in [0.15, 0.2) is 0 Å². The minimum atomic E-state index is -0.268. The van der Waals surface area contributed by atoms with Crippen molar-refractivity contribution in [3.8, 4) is 0 Å². The molecule has 0 saturated heterocycles. The Labute approximate surface area is 136 Å². The summed E-state index contributed by atoms with van der Waals surface area (Å²) in [7, 11) is 1.98. The Morgan fingerprint density at radius 3 is 2.87 bits per heavy atom. The smallest absolute Gasteiger partial charge is 0.243 e. The van der Waals surface area contributed by atoms with Gasteiger partial charge in [-0.15, -0.1) is 0 Å². The molecule has 1 aliphatic rings. The summed E-state index contributed by atoms with van der Waals surface area (Å²) in [5, 5.41) is 13.8. The second-order valence-corrected chi connectivity index (χ2v) is 6.74. The summed E-state index contributed by atoms with van der Waals surface area (Å²) in [4.78, 5) is 18.2. The molecule has 2 atom stereocenters. The summed E-state index contributed by atoms with van der Waals surface area (Å²) in [6.45, 7) is 4.08. The molecule has 0 unspecified atom stereocenters. The SMILES string of the molecule is CC(C)[C@H]1C(=O)N[C@H](CO)CCc2c[nH]c3cccc(c23)N1C. The third kappa shape index (κ3) is 2.81. The number of hydrogen-bond donors (Lipinski definition) is 3. The van der Waals surface area contributed by atoms with E-state index < -0.39 is 0 Å². The van der Waals surface area contributed by atoms with Gasteiger partial charge in [0.1, 0.15) is 6.04 Å². The Morgan fingerprint density at radius 2 is 2.17 bits per heavy atom. The maximum atomic E-state index is 12.8. The molecular formula is C18H25N3O2. The lowest BCUT2D eigenvalue weighted by molar-refractivity contribution is -0.124. The van der Waals surface area contributed by atoms with Gasteiger partial charge in [-0.05, 0) is 36.5 Å². The van der Waals surface area contributed by atoms with Crippen LogP contribution in [0.25, 0.3) is 10.9 Å². The highest BCUT2D eigenvalue weighted by molar-refractivity contribution is 5.97. The van der Waals surface area contributed by atoms with Gasteiger partial charge in [0.25, 0.3) is 0 Å². The van der Waals surface area contributed by atoms with E-state index in [1.165, 1.54) is 10.9 Å². The minimum Gasteiger partial charge on any atom is -0.394 e. The quantitative estimate of drug-likeness (QED) is 0.794. The Morgan fingerprint density at radius 1 is 1.39 bits per heavy atom. The summed E-state index contributed by atoms with van der Waals surface area (Å²) < 4.78 is 0. The summed E-state index contributed by atoms with van der Waals surface area (Å²) in [6, 6.07) is 5.69. The van der Waals surface area contributed by atoms with Gasteiger partial charge >= 0.3 is 0 Å². The fourth-order valence-electron chi connectivity index (χ4n) is 3.63. The first-order chi connectivity index (χ1) is 11.0. The van der Waals surface area contributed by atoms with Crippen LogP contribution in [0, 0.1) is 5.92 Å². The van der Waals surface area contributed by atoms with E-state index in [0.717, 1.165) is 24.0 Å². The number of aromatic nitrogens is 1. The summed E-state index contributed by atoms with van der Waals surface area (Å²) in [5.41, 5.74) is 3.41. The van der Waals surface area contributed by atoms with Gasteiger partial charge in [-0.2, -0.15) is 0 Å². The van der Waals surface area contributed by atoms with E-state index in [2.05, 4.69) is 41.2 Å². The number of anilines is 1. The van der Waals surface area contributed by atoms with E-state index in [0.29, 0.717) is 0 Å². The summed E-state index contributed by atoms with van der Waals surface area (Å²) >= 11 is 0. The highest BCUT2D eigenvalue weighted by Gasteiger charge is 2.30. The molecule has 0 saturated carbocycles. The predicted octanol–water partition coefficient (Wildman–Crippen LogP) is 2.05. The van der Waals surface area contributed by atoms with Crippen molar-refractivity contribution in [2.45, 2.75) is 38.8 Å². The molecule has 0 aliphatic carbocycles. The zero-order chi connectivity index (χ0) is 16.6. The zero-order valence-electron chi connectivity index (χ0n) is 14.0. The number of H-pyrrole nitrogens is 1. The summed E-state index contributed by atoms with van der Waals surface area (Å²) in [5.74, 6) is 0.147. The van der Waals surface area contributed by atoms with Crippen molar-refractivity contribution < 1.29 is 9.90 Å². The first kappa shape index (κ1) is 15.9. The first-order valence-electron chi connectivity index (χ1n) is 8.26. The van der Waals surface area contributed by atoms with Gasteiger partial charge in [0.2, 0.25) is 5.91 Å². The monoisotopic (exact) mass is 315 g/mol. The van der Waals surface area contributed by atoms with Crippen LogP contribution in [0.15, 0.2) is 24.4 Å². The molecule has 1 aromatic heterocycles. The number of nitrogens with one attached hydrogen (secondary N) is 2. The molecule has 1 aromatic carbocycles. The van der Waals surface area contributed by atoms with E-state index >= 15 is 0 Å². The first-order valence-corrected chi connectivity index (χ1v) is 8.26. The number of hydrogen-bond acceptors (Lipinski definition) is 3. The molecule has 5 heteroatoms. The largest absolute Gasteiger partial charge is 0.394 e. The predicted molar refractivity (Wildman–Crippen MR) is 92.7 cm³/mol. The zero-order valence-corrected chi connectivity index (χ0v) is 14.0. The number of aryl methyl sites for hydroxylation is 1. The molecule has 1 amide bonds. The second kappa shape index (κ2) is 6.24. The lowest BCUT2D eigenvalue weighted by Crippen LogP contribution is -2.52. The van der Waals surface area contributed by atoms with E-state index in [1.54, 1.807) is 0 Å². The molecule has 0 fully saturated rings. The minimum absolute atomic E-state index is 0.0162. The number of likely N-dealkylation sites (N-methyl/N-ethyl adjacent to an activating group) is 1. The normalized spacial score (nSPS) is 22.5. The maximum absolute atomic E-state index is 12.8. The van der Waals surface area contributed by atoms with Gasteiger partial charge in [0.05, 0.1) is 12.6 Å². The van der Waals surface area contributed by atoms with Crippen LogP contribution in [0.4, 0.5) is 5.69 Å². The third-order valence-electron chi connectivity index (χ3n) is 4.79. The number of nitrogens with zero attached hydrogens (tertiary/aromatic N) is 1. The highest BCUT2D eigenvalue weighted by atomic mass is 16.3. The van der Waals surface area contributed by atoms with Crippen molar-refractivity contribution >= 4 is 22.5 Å². The van der Waals surface area contributed by atoms with Crippen molar-refractivity contribution in [2.24, 2.45) is 5.92 Å². The number of aliphatic hydroxyl groups is 1. The third-order valence-corrected chi connectivity index (χ3v) is 4.79. The van der Waals surface area contributed by atoms with Gasteiger partial charge in [-0.1, -0.05) is 19.9 Å². The average molecular weight is 315 g/mol. The number of benzene rings is 1. The van der Waals surface area contributed by atoms with Gasteiger partial charge in [-0.25, -0.2) is 0 Å². The Bertz CT molecular complexity index is 707. The van der Waals surface area contributed by atoms with Crippen LogP contribution in [0.3, 0.4) is 0 Å². The second-order valence-electron chi connectivity index (χ2n) is 6.74. The molecule has 3 N–H and O–H groups in total. The van der Waals surface area contributed by atoms with Crippen LogP contribution in [0.5, 0.6) is 0 Å². The molecule has 2 heterocycles. The summed E-state index contributed by atoms with van der Waals surface area (Å²) in [6.07, 6.45) is 3.60. The topological polar surface area (TPSA) is 68.4 Å². The number of carbonyl (C=O) groups excluding carboxylic acids is 1. The van der Waals surface area contributed by atoms with Gasteiger partial charge in [-0.3, -0.25) is 4.79 Å². The number of aliphatic hydroxyl groups excluding tert-OH is 1. The van der Waals surface area contributed by atoms with Crippen molar-refractivity contribution in [3.63, 3.8) is 0 Å². The van der Waals surface area contributed by atoms with Crippen molar-refractivity contribution in [1.82, 2.24) is 10.3 Å². The van der Waals surface area contributed by atoms with Gasteiger partial charge < -0.3 is 20.3 Å². The molecule has 23 heavy (non-hydrogen) atoms. The Kier molecular flexibility index (Phi) is 4.31. The van der Waals surface area contributed by atoms with Crippen LogP contribution in [-0.4, -0.2) is 41.7 Å². The molecule has 0 spiro atoms. The van der Waals surface area contributed by atoms with Crippen molar-refractivity contribution in [1.29, 1.82) is 0 Å². The molecule has 2 aromatic rings. The molecular weight excluding hydrogens is 290 g/mol. The number of aromatic amines is 1. The highest BCUT2D eigenvalue weighted by Crippen LogP contribution is 2.33. The van der Waals surface area contributed by atoms with E-state index in [-0.39, 0.29) is 30.5 Å². The Hall–Kier alpha value is -2.01. The number of rotatable bonds is 2. The fourth-order valence-corrected chi connectivity index (χ4v) is 3.63. The van der Waals surface area contributed by atoms with Crippen LogP contribution in [0.1, 0.15) is 25.8 Å². The van der Waals surface area contributed by atoms with E-state index in [4.69, 9.17) is 0 Å². The van der Waals surface area contributed by atoms with Crippen LogP contribution in [-0.2, 0) is 11.2 Å².